The predicted octanol–water partition coefficient (Wildman–Crippen LogP) is 3.79. The normalized spacial score (nSPS) is 23.4. The maximum atomic E-state index is 12.6. The van der Waals surface area contributed by atoms with Gasteiger partial charge in [-0.05, 0) is 49.3 Å². The average molecular weight is 383 g/mol. The van der Waals surface area contributed by atoms with Crippen molar-refractivity contribution in [3.05, 3.63) is 33.8 Å². The minimum absolute atomic E-state index is 0.0254. The number of benzene rings is 1. The molecular formula is C19H24Cl2N2O2. The van der Waals surface area contributed by atoms with E-state index in [4.69, 9.17) is 23.2 Å². The minimum atomic E-state index is -0.411. The van der Waals surface area contributed by atoms with Crippen LogP contribution in [0.1, 0.15) is 44.1 Å². The van der Waals surface area contributed by atoms with E-state index in [1.807, 2.05) is 17.0 Å². The third-order valence-electron chi connectivity index (χ3n) is 5.40. The standard InChI is InChI=1S/C19H24Cl2N2O2/c1-22-17(24)11-19(14-5-6-15(20)16(21)10-14)7-2-8-23(12-19)18(25)9-13-3-4-13/h5-6,10,13H,2-4,7-9,11-12H2,1H3,(H,22,24)/t19-/m1/s1. The molecule has 2 aliphatic rings. The summed E-state index contributed by atoms with van der Waals surface area (Å²) in [5.41, 5.74) is 0.570. The third kappa shape index (κ3) is 4.29. The largest absolute Gasteiger partial charge is 0.359 e. The summed E-state index contributed by atoms with van der Waals surface area (Å²) in [6.45, 7) is 1.33. The molecule has 3 rings (SSSR count). The molecule has 2 fully saturated rings. The van der Waals surface area contributed by atoms with E-state index in [0.717, 1.165) is 37.8 Å². The van der Waals surface area contributed by atoms with Crippen molar-refractivity contribution in [1.29, 1.82) is 0 Å². The van der Waals surface area contributed by atoms with E-state index in [1.165, 1.54) is 0 Å². The Labute approximate surface area is 158 Å². The Morgan fingerprint density at radius 2 is 2.04 bits per heavy atom. The number of carbonyl (C=O) groups excluding carboxylic acids is 2. The van der Waals surface area contributed by atoms with Crippen LogP contribution in [0.2, 0.25) is 10.0 Å². The van der Waals surface area contributed by atoms with Crippen LogP contribution < -0.4 is 5.32 Å². The Morgan fingerprint density at radius 3 is 2.68 bits per heavy atom. The molecule has 0 unspecified atom stereocenters. The number of hydrogen-bond acceptors (Lipinski definition) is 2. The molecule has 136 valence electrons. The van der Waals surface area contributed by atoms with Gasteiger partial charge in [0.25, 0.3) is 0 Å². The molecule has 0 radical (unpaired) electrons. The number of carbonyl (C=O) groups is 2. The topological polar surface area (TPSA) is 49.4 Å². The first-order valence-corrected chi connectivity index (χ1v) is 9.63. The van der Waals surface area contributed by atoms with Crippen molar-refractivity contribution in [3.63, 3.8) is 0 Å². The molecule has 1 heterocycles. The van der Waals surface area contributed by atoms with Crippen LogP contribution in [0.15, 0.2) is 18.2 Å². The summed E-state index contributed by atoms with van der Waals surface area (Å²) < 4.78 is 0. The molecule has 1 aromatic carbocycles. The van der Waals surface area contributed by atoms with E-state index in [1.54, 1.807) is 13.1 Å². The van der Waals surface area contributed by atoms with Gasteiger partial charge in [-0.25, -0.2) is 0 Å². The van der Waals surface area contributed by atoms with Gasteiger partial charge in [0, 0.05) is 38.4 Å². The van der Waals surface area contributed by atoms with Crippen molar-refractivity contribution in [1.82, 2.24) is 10.2 Å². The number of halogens is 2. The van der Waals surface area contributed by atoms with Crippen molar-refractivity contribution < 1.29 is 9.59 Å². The first kappa shape index (κ1) is 18.5. The Hall–Kier alpha value is -1.26. The number of amides is 2. The first-order chi connectivity index (χ1) is 11.9. The molecule has 1 saturated carbocycles. The quantitative estimate of drug-likeness (QED) is 0.841. The highest BCUT2D eigenvalue weighted by atomic mass is 35.5. The van der Waals surface area contributed by atoms with Gasteiger partial charge < -0.3 is 10.2 Å². The number of rotatable bonds is 5. The molecule has 1 aliphatic heterocycles. The number of hydrogen-bond donors (Lipinski definition) is 1. The molecule has 1 N–H and O–H groups in total. The second-order valence-corrected chi connectivity index (χ2v) is 8.14. The lowest BCUT2D eigenvalue weighted by Crippen LogP contribution is -2.50. The molecule has 1 aliphatic carbocycles. The molecule has 4 nitrogen and oxygen atoms in total. The second kappa shape index (κ2) is 7.55. The maximum absolute atomic E-state index is 12.6. The van der Waals surface area contributed by atoms with Crippen LogP contribution in [-0.4, -0.2) is 36.9 Å². The molecule has 0 aromatic heterocycles. The van der Waals surface area contributed by atoms with Crippen LogP contribution >= 0.6 is 23.2 Å². The average Bonchev–Trinajstić information content (AvgIpc) is 3.41. The minimum Gasteiger partial charge on any atom is -0.359 e. The van der Waals surface area contributed by atoms with E-state index in [2.05, 4.69) is 5.32 Å². The molecule has 25 heavy (non-hydrogen) atoms. The fourth-order valence-corrected chi connectivity index (χ4v) is 4.04. The molecule has 0 spiro atoms. The molecular weight excluding hydrogens is 359 g/mol. The Morgan fingerprint density at radius 1 is 1.28 bits per heavy atom. The molecule has 2 amide bonds. The summed E-state index contributed by atoms with van der Waals surface area (Å²) in [5.74, 6) is 0.749. The molecule has 0 bridgehead atoms. The van der Waals surface area contributed by atoms with Crippen LogP contribution in [0.25, 0.3) is 0 Å². The van der Waals surface area contributed by atoms with Gasteiger partial charge in [0.1, 0.15) is 0 Å². The summed E-state index contributed by atoms with van der Waals surface area (Å²) in [6, 6.07) is 5.56. The summed E-state index contributed by atoms with van der Waals surface area (Å²) in [6.07, 6.45) is 5.04. The summed E-state index contributed by atoms with van der Waals surface area (Å²) in [5, 5.41) is 3.70. The SMILES string of the molecule is CNC(=O)C[C@]1(c2ccc(Cl)c(Cl)c2)CCCN(C(=O)CC2CC2)C1. The van der Waals surface area contributed by atoms with Gasteiger partial charge in [-0.1, -0.05) is 29.3 Å². The fourth-order valence-electron chi connectivity index (χ4n) is 3.75. The molecule has 1 atom stereocenters. The first-order valence-electron chi connectivity index (χ1n) is 8.87. The van der Waals surface area contributed by atoms with Crippen molar-refractivity contribution in [2.45, 2.75) is 43.9 Å². The van der Waals surface area contributed by atoms with Gasteiger partial charge >= 0.3 is 0 Å². The Bertz CT molecular complexity index is 675. The molecule has 6 heteroatoms. The smallest absolute Gasteiger partial charge is 0.222 e. The molecule has 1 saturated heterocycles. The predicted molar refractivity (Wildman–Crippen MR) is 100.0 cm³/mol. The van der Waals surface area contributed by atoms with Gasteiger partial charge in [-0.2, -0.15) is 0 Å². The highest BCUT2D eigenvalue weighted by Gasteiger charge is 2.41. The maximum Gasteiger partial charge on any atom is 0.222 e. The zero-order valence-corrected chi connectivity index (χ0v) is 16.0. The lowest BCUT2D eigenvalue weighted by atomic mass is 9.71. The van der Waals surface area contributed by atoms with Crippen LogP contribution in [0, 0.1) is 5.92 Å². The molecule has 1 aromatic rings. The van der Waals surface area contributed by atoms with E-state index >= 15 is 0 Å². The van der Waals surface area contributed by atoms with E-state index in [9.17, 15) is 9.59 Å². The van der Waals surface area contributed by atoms with Crippen LogP contribution in [-0.2, 0) is 15.0 Å². The van der Waals surface area contributed by atoms with Crippen LogP contribution in [0.4, 0.5) is 0 Å². The van der Waals surface area contributed by atoms with E-state index < -0.39 is 5.41 Å². The summed E-state index contributed by atoms with van der Waals surface area (Å²) >= 11 is 12.3. The summed E-state index contributed by atoms with van der Waals surface area (Å²) in [7, 11) is 1.64. The van der Waals surface area contributed by atoms with Gasteiger partial charge in [0.05, 0.1) is 10.0 Å². The van der Waals surface area contributed by atoms with E-state index in [0.29, 0.717) is 35.3 Å². The number of nitrogens with one attached hydrogen (secondary N) is 1. The Kier molecular flexibility index (Phi) is 5.59. The fraction of sp³-hybridized carbons (Fsp3) is 0.579. The van der Waals surface area contributed by atoms with Crippen molar-refractivity contribution in [3.8, 4) is 0 Å². The highest BCUT2D eigenvalue weighted by molar-refractivity contribution is 6.42. The highest BCUT2D eigenvalue weighted by Crippen LogP contribution is 2.40. The van der Waals surface area contributed by atoms with Crippen molar-refractivity contribution in [2.24, 2.45) is 5.92 Å². The number of likely N-dealkylation sites (tertiary alicyclic amines) is 1. The van der Waals surface area contributed by atoms with E-state index in [-0.39, 0.29) is 11.8 Å². The van der Waals surface area contributed by atoms with Gasteiger partial charge in [0.15, 0.2) is 0 Å². The zero-order valence-electron chi connectivity index (χ0n) is 14.5. The van der Waals surface area contributed by atoms with Crippen molar-refractivity contribution >= 4 is 35.0 Å². The Balaban J connectivity index is 1.88. The third-order valence-corrected chi connectivity index (χ3v) is 6.14. The summed E-state index contributed by atoms with van der Waals surface area (Å²) in [4.78, 5) is 26.8. The number of nitrogens with zero attached hydrogens (tertiary/aromatic N) is 1. The number of piperidine rings is 1. The zero-order chi connectivity index (χ0) is 18.0. The van der Waals surface area contributed by atoms with Crippen LogP contribution in [0.5, 0.6) is 0 Å². The van der Waals surface area contributed by atoms with Gasteiger partial charge in [-0.15, -0.1) is 0 Å². The van der Waals surface area contributed by atoms with Gasteiger partial charge in [0.2, 0.25) is 11.8 Å². The van der Waals surface area contributed by atoms with Gasteiger partial charge in [-0.3, -0.25) is 9.59 Å². The van der Waals surface area contributed by atoms with Crippen molar-refractivity contribution in [2.75, 3.05) is 20.1 Å². The monoisotopic (exact) mass is 382 g/mol. The lowest BCUT2D eigenvalue weighted by molar-refractivity contribution is -0.135. The van der Waals surface area contributed by atoms with Crippen LogP contribution in [0.3, 0.4) is 0 Å². The second-order valence-electron chi connectivity index (χ2n) is 7.33. The lowest BCUT2D eigenvalue weighted by Gasteiger charge is -2.43.